The van der Waals surface area contributed by atoms with Gasteiger partial charge in [-0.1, -0.05) is 41.1 Å². The largest absolute Gasteiger partial charge is 0.394 e. The Labute approximate surface area is 116 Å². The van der Waals surface area contributed by atoms with Crippen molar-refractivity contribution < 1.29 is 9.90 Å². The lowest BCUT2D eigenvalue weighted by Gasteiger charge is -2.20. The number of benzene rings is 1. The highest BCUT2D eigenvalue weighted by atomic mass is 79.9. The van der Waals surface area contributed by atoms with Crippen LogP contribution in [0.2, 0.25) is 0 Å². The summed E-state index contributed by atoms with van der Waals surface area (Å²) in [6.07, 6.45) is 0.795. The SMILES string of the molecule is CCC(NC(=O)NC(C)CO)c1ccccc1Br. The first kappa shape index (κ1) is 15.0. The third-order valence-corrected chi connectivity index (χ3v) is 3.37. The van der Waals surface area contributed by atoms with Crippen molar-refractivity contribution in [2.45, 2.75) is 32.4 Å². The van der Waals surface area contributed by atoms with Gasteiger partial charge >= 0.3 is 6.03 Å². The average Bonchev–Trinajstić information content (AvgIpc) is 2.36. The second-order valence-electron chi connectivity index (χ2n) is 4.18. The van der Waals surface area contributed by atoms with Gasteiger partial charge in [-0.25, -0.2) is 4.79 Å². The zero-order valence-electron chi connectivity index (χ0n) is 10.6. The monoisotopic (exact) mass is 314 g/mol. The van der Waals surface area contributed by atoms with E-state index in [-0.39, 0.29) is 24.7 Å². The molecule has 0 bridgehead atoms. The highest BCUT2D eigenvalue weighted by molar-refractivity contribution is 9.10. The molecule has 2 unspecified atom stereocenters. The molecule has 3 N–H and O–H groups in total. The van der Waals surface area contributed by atoms with E-state index < -0.39 is 0 Å². The lowest BCUT2D eigenvalue weighted by atomic mass is 10.1. The van der Waals surface area contributed by atoms with Crippen LogP contribution in [0.5, 0.6) is 0 Å². The smallest absolute Gasteiger partial charge is 0.315 e. The second-order valence-corrected chi connectivity index (χ2v) is 5.04. The molecule has 0 fully saturated rings. The second kappa shape index (κ2) is 7.38. The third kappa shape index (κ3) is 4.31. The van der Waals surface area contributed by atoms with Gasteiger partial charge in [-0.3, -0.25) is 0 Å². The number of carbonyl (C=O) groups excluding carboxylic acids is 1. The zero-order chi connectivity index (χ0) is 13.5. The molecule has 18 heavy (non-hydrogen) atoms. The molecule has 0 aliphatic rings. The number of carbonyl (C=O) groups is 1. The summed E-state index contributed by atoms with van der Waals surface area (Å²) in [7, 11) is 0. The van der Waals surface area contributed by atoms with Gasteiger partial charge in [-0.15, -0.1) is 0 Å². The Bertz CT molecular complexity index is 398. The zero-order valence-corrected chi connectivity index (χ0v) is 12.2. The Kier molecular flexibility index (Phi) is 6.15. The molecule has 5 heteroatoms. The van der Waals surface area contributed by atoms with E-state index in [2.05, 4.69) is 26.6 Å². The van der Waals surface area contributed by atoms with Crippen molar-refractivity contribution in [2.24, 2.45) is 0 Å². The first-order valence-electron chi connectivity index (χ1n) is 6.00. The molecule has 0 saturated heterocycles. The van der Waals surface area contributed by atoms with E-state index in [9.17, 15) is 4.79 Å². The predicted octanol–water partition coefficient (Wildman–Crippen LogP) is 2.58. The Morgan fingerprint density at radius 3 is 2.61 bits per heavy atom. The third-order valence-electron chi connectivity index (χ3n) is 2.65. The Hall–Kier alpha value is -1.07. The fourth-order valence-corrected chi connectivity index (χ4v) is 2.19. The van der Waals surface area contributed by atoms with Crippen molar-refractivity contribution in [1.82, 2.24) is 10.6 Å². The molecule has 0 spiro atoms. The van der Waals surface area contributed by atoms with Gasteiger partial charge in [0.05, 0.1) is 18.7 Å². The van der Waals surface area contributed by atoms with E-state index >= 15 is 0 Å². The summed E-state index contributed by atoms with van der Waals surface area (Å²) in [4.78, 5) is 11.7. The minimum Gasteiger partial charge on any atom is -0.394 e. The molecule has 2 atom stereocenters. The standard InChI is InChI=1S/C13H19BrN2O2/c1-3-12(10-6-4-5-7-11(10)14)16-13(18)15-9(2)8-17/h4-7,9,12,17H,3,8H2,1-2H3,(H2,15,16,18). The summed E-state index contributed by atoms with van der Waals surface area (Å²) in [5.74, 6) is 0. The number of nitrogens with one attached hydrogen (secondary N) is 2. The van der Waals surface area contributed by atoms with Crippen molar-refractivity contribution in [3.8, 4) is 0 Å². The van der Waals surface area contributed by atoms with Gasteiger partial charge in [-0.2, -0.15) is 0 Å². The molecular weight excluding hydrogens is 296 g/mol. The highest BCUT2D eigenvalue weighted by Gasteiger charge is 2.15. The van der Waals surface area contributed by atoms with Gasteiger partial charge < -0.3 is 15.7 Å². The molecule has 0 radical (unpaired) electrons. The first-order valence-corrected chi connectivity index (χ1v) is 6.80. The van der Waals surface area contributed by atoms with Crippen LogP contribution in [0.4, 0.5) is 4.79 Å². The quantitative estimate of drug-likeness (QED) is 0.782. The number of hydrogen-bond acceptors (Lipinski definition) is 2. The lowest BCUT2D eigenvalue weighted by Crippen LogP contribution is -2.43. The van der Waals surface area contributed by atoms with Crippen molar-refractivity contribution >= 4 is 22.0 Å². The van der Waals surface area contributed by atoms with Gasteiger partial charge in [0.15, 0.2) is 0 Å². The number of amides is 2. The van der Waals surface area contributed by atoms with E-state index in [0.29, 0.717) is 0 Å². The number of halogens is 1. The average molecular weight is 315 g/mol. The van der Waals surface area contributed by atoms with Crippen LogP contribution in [0.15, 0.2) is 28.7 Å². The number of rotatable bonds is 5. The van der Waals surface area contributed by atoms with Crippen LogP contribution in [0.1, 0.15) is 31.9 Å². The van der Waals surface area contributed by atoms with Crippen LogP contribution in [0.25, 0.3) is 0 Å². The predicted molar refractivity (Wildman–Crippen MR) is 75.4 cm³/mol. The van der Waals surface area contributed by atoms with Gasteiger partial charge in [-0.05, 0) is 25.0 Å². The summed E-state index contributed by atoms with van der Waals surface area (Å²) >= 11 is 3.48. The molecule has 4 nitrogen and oxygen atoms in total. The maximum atomic E-state index is 11.7. The van der Waals surface area contributed by atoms with Crippen LogP contribution in [-0.2, 0) is 0 Å². The summed E-state index contributed by atoms with van der Waals surface area (Å²) in [5, 5.41) is 14.5. The summed E-state index contributed by atoms with van der Waals surface area (Å²) < 4.78 is 0.979. The van der Waals surface area contributed by atoms with Gasteiger partial charge in [0.25, 0.3) is 0 Å². The van der Waals surface area contributed by atoms with E-state index in [1.165, 1.54) is 0 Å². The minimum absolute atomic E-state index is 0.0496. The maximum absolute atomic E-state index is 11.7. The maximum Gasteiger partial charge on any atom is 0.315 e. The molecule has 0 aliphatic carbocycles. The lowest BCUT2D eigenvalue weighted by molar-refractivity contribution is 0.217. The summed E-state index contributed by atoms with van der Waals surface area (Å²) in [6.45, 7) is 3.69. The molecule has 100 valence electrons. The molecule has 1 aromatic rings. The Balaban J connectivity index is 2.68. The van der Waals surface area contributed by atoms with Crippen LogP contribution in [-0.4, -0.2) is 23.8 Å². The fourth-order valence-electron chi connectivity index (χ4n) is 1.63. The molecule has 1 aromatic carbocycles. The summed E-state index contributed by atoms with van der Waals surface area (Å²) in [5.41, 5.74) is 1.05. The molecule has 0 aromatic heterocycles. The van der Waals surface area contributed by atoms with Crippen LogP contribution < -0.4 is 10.6 Å². The summed E-state index contributed by atoms with van der Waals surface area (Å²) in [6, 6.07) is 7.25. The van der Waals surface area contributed by atoms with Gasteiger partial charge in [0.1, 0.15) is 0 Å². The molecule has 0 saturated carbocycles. The van der Waals surface area contributed by atoms with Gasteiger partial charge in [0.2, 0.25) is 0 Å². The van der Waals surface area contributed by atoms with E-state index in [1.807, 2.05) is 31.2 Å². The molecule has 1 rings (SSSR count). The number of aliphatic hydroxyl groups excluding tert-OH is 1. The first-order chi connectivity index (χ1) is 8.58. The Morgan fingerprint density at radius 1 is 1.39 bits per heavy atom. The van der Waals surface area contributed by atoms with Crippen LogP contribution in [0, 0.1) is 0 Å². The minimum atomic E-state index is -0.265. The number of aliphatic hydroxyl groups is 1. The molecular formula is C13H19BrN2O2. The normalized spacial score (nSPS) is 13.8. The van der Waals surface area contributed by atoms with Crippen LogP contribution >= 0.6 is 15.9 Å². The van der Waals surface area contributed by atoms with Crippen molar-refractivity contribution in [1.29, 1.82) is 0 Å². The van der Waals surface area contributed by atoms with Gasteiger partial charge in [0, 0.05) is 4.47 Å². The van der Waals surface area contributed by atoms with Crippen molar-refractivity contribution in [2.75, 3.05) is 6.61 Å². The molecule has 0 aliphatic heterocycles. The topological polar surface area (TPSA) is 61.4 Å². The van der Waals surface area contributed by atoms with E-state index in [4.69, 9.17) is 5.11 Å². The Morgan fingerprint density at radius 2 is 2.06 bits per heavy atom. The van der Waals surface area contributed by atoms with Crippen molar-refractivity contribution in [3.63, 3.8) is 0 Å². The van der Waals surface area contributed by atoms with Crippen molar-refractivity contribution in [3.05, 3.63) is 34.3 Å². The van der Waals surface area contributed by atoms with E-state index in [1.54, 1.807) is 6.92 Å². The number of hydrogen-bond donors (Lipinski definition) is 3. The van der Waals surface area contributed by atoms with E-state index in [0.717, 1.165) is 16.5 Å². The highest BCUT2D eigenvalue weighted by Crippen LogP contribution is 2.25. The fraction of sp³-hybridized carbons (Fsp3) is 0.462. The van der Waals surface area contributed by atoms with Crippen LogP contribution in [0.3, 0.4) is 0 Å². The molecule has 2 amide bonds. The molecule has 0 heterocycles. The number of urea groups is 1.